The summed E-state index contributed by atoms with van der Waals surface area (Å²) in [5, 5.41) is 18.7. The lowest BCUT2D eigenvalue weighted by atomic mass is 10.1. The molecule has 0 fully saturated rings. The van der Waals surface area contributed by atoms with E-state index in [0.717, 1.165) is 30.3 Å². The number of anilines is 1. The molecule has 7 nitrogen and oxygen atoms in total. The van der Waals surface area contributed by atoms with Crippen molar-refractivity contribution in [3.05, 3.63) is 95.1 Å². The molecule has 1 amide bonds. The van der Waals surface area contributed by atoms with Gasteiger partial charge in [-0.05, 0) is 54.0 Å². The number of nitrogens with zero attached hydrogens (tertiary/aromatic N) is 4. The van der Waals surface area contributed by atoms with Crippen LogP contribution in [0.25, 0.3) is 22.3 Å². The second kappa shape index (κ2) is 9.26. The first kappa shape index (κ1) is 20.9. The fourth-order valence-electron chi connectivity index (χ4n) is 4.00. The van der Waals surface area contributed by atoms with Crippen LogP contribution in [0.15, 0.2) is 78.9 Å². The number of amides is 1. The zero-order valence-corrected chi connectivity index (χ0v) is 18.5. The van der Waals surface area contributed by atoms with E-state index in [-0.39, 0.29) is 5.91 Å². The van der Waals surface area contributed by atoms with Crippen molar-refractivity contribution in [3.63, 3.8) is 0 Å². The molecule has 2 aromatic heterocycles. The number of H-pyrrole nitrogens is 1. The number of aromatic amines is 1. The Morgan fingerprint density at radius 3 is 2.64 bits per heavy atom. The molecule has 0 aliphatic carbocycles. The van der Waals surface area contributed by atoms with Gasteiger partial charge in [-0.1, -0.05) is 60.1 Å². The number of aromatic nitrogens is 5. The summed E-state index contributed by atoms with van der Waals surface area (Å²) in [6, 6.07) is 25.5. The number of benzene rings is 3. The van der Waals surface area contributed by atoms with Crippen LogP contribution in [0.2, 0.25) is 5.02 Å². The summed E-state index contributed by atoms with van der Waals surface area (Å²) in [5.74, 6) is 0.147. The smallest absolute Gasteiger partial charge is 0.272 e. The number of nitrogens with one attached hydrogen (secondary N) is 2. The summed E-state index contributed by atoms with van der Waals surface area (Å²) in [4.78, 5) is 13.4. The average Bonchev–Trinajstić information content (AvgIpc) is 3.50. The third kappa shape index (κ3) is 4.49. The van der Waals surface area contributed by atoms with Crippen LogP contribution in [0.4, 0.5) is 5.69 Å². The molecule has 2 heterocycles. The number of carbonyl (C=O) groups is 1. The second-order valence-corrected chi connectivity index (χ2v) is 8.15. The highest BCUT2D eigenvalue weighted by Gasteiger charge is 2.18. The van der Waals surface area contributed by atoms with Crippen molar-refractivity contribution in [2.24, 2.45) is 0 Å². The number of aryl methyl sites for hydroxylation is 2. The highest BCUT2D eigenvalue weighted by atomic mass is 35.5. The number of tetrazole rings is 1. The van der Waals surface area contributed by atoms with Gasteiger partial charge >= 0.3 is 0 Å². The number of hydrogen-bond acceptors (Lipinski definition) is 4. The van der Waals surface area contributed by atoms with E-state index in [0.29, 0.717) is 27.8 Å². The maximum atomic E-state index is 13.4. The Morgan fingerprint density at radius 1 is 1.00 bits per heavy atom. The van der Waals surface area contributed by atoms with Crippen molar-refractivity contribution < 1.29 is 4.79 Å². The molecule has 5 aromatic rings. The minimum Gasteiger partial charge on any atom is -0.336 e. The number of rotatable bonds is 7. The Kier molecular flexibility index (Phi) is 5.87. The molecule has 0 saturated carbocycles. The van der Waals surface area contributed by atoms with Gasteiger partial charge in [0.2, 0.25) is 5.82 Å². The summed E-state index contributed by atoms with van der Waals surface area (Å²) in [6.45, 7) is 0.726. The van der Waals surface area contributed by atoms with E-state index in [9.17, 15) is 4.79 Å². The molecular weight excluding hydrogens is 436 g/mol. The number of hydrogen-bond donors (Lipinski definition) is 2. The minimum absolute atomic E-state index is 0.210. The summed E-state index contributed by atoms with van der Waals surface area (Å²) in [6.07, 6.45) is 1.85. The first-order valence-corrected chi connectivity index (χ1v) is 11.0. The molecule has 0 radical (unpaired) electrons. The highest BCUT2D eigenvalue weighted by Crippen LogP contribution is 2.29. The Labute approximate surface area is 195 Å². The van der Waals surface area contributed by atoms with E-state index in [4.69, 9.17) is 11.6 Å². The largest absolute Gasteiger partial charge is 0.336 e. The van der Waals surface area contributed by atoms with Gasteiger partial charge in [-0.25, -0.2) is 0 Å². The van der Waals surface area contributed by atoms with Crippen LogP contribution in [-0.4, -0.2) is 31.1 Å². The van der Waals surface area contributed by atoms with Crippen molar-refractivity contribution in [2.45, 2.75) is 19.4 Å². The lowest BCUT2D eigenvalue weighted by molar-refractivity contribution is 0.101. The molecule has 0 unspecified atom stereocenters. The zero-order chi connectivity index (χ0) is 22.6. The van der Waals surface area contributed by atoms with Crippen molar-refractivity contribution in [1.82, 2.24) is 25.2 Å². The standard InChI is InChI=1S/C25H21ClN6O/c26-19-12-13-21(20(16-19)24-28-30-31-29-24)27-25(33)23-15-18-10-4-5-11-22(18)32(23)14-6-9-17-7-2-1-3-8-17/h1-5,7-8,10-13,15-16H,6,9,14H2,(H,27,33)(H,28,29,30,31). The van der Waals surface area contributed by atoms with Gasteiger partial charge in [0.05, 0.1) is 5.69 Å². The lowest BCUT2D eigenvalue weighted by Gasteiger charge is -2.13. The molecule has 0 aliphatic rings. The quantitative estimate of drug-likeness (QED) is 0.345. The number of halogens is 1. The monoisotopic (exact) mass is 456 g/mol. The van der Waals surface area contributed by atoms with Gasteiger partial charge < -0.3 is 9.88 Å². The predicted molar refractivity (Wildman–Crippen MR) is 129 cm³/mol. The molecule has 0 saturated heterocycles. The third-order valence-electron chi connectivity index (χ3n) is 5.55. The molecule has 8 heteroatoms. The molecule has 0 bridgehead atoms. The van der Waals surface area contributed by atoms with Gasteiger partial charge in [0, 0.05) is 28.0 Å². The van der Waals surface area contributed by atoms with Gasteiger partial charge in [0.25, 0.3) is 5.91 Å². The molecule has 0 atom stereocenters. The summed E-state index contributed by atoms with van der Waals surface area (Å²) < 4.78 is 2.08. The molecule has 164 valence electrons. The van der Waals surface area contributed by atoms with E-state index < -0.39 is 0 Å². The minimum atomic E-state index is -0.210. The predicted octanol–water partition coefficient (Wildman–Crippen LogP) is 5.36. The molecule has 5 rings (SSSR count). The van der Waals surface area contributed by atoms with Gasteiger partial charge in [-0.2, -0.15) is 5.21 Å². The van der Waals surface area contributed by atoms with Gasteiger partial charge in [0.1, 0.15) is 5.69 Å². The topological polar surface area (TPSA) is 88.5 Å². The van der Waals surface area contributed by atoms with Crippen molar-refractivity contribution in [3.8, 4) is 11.4 Å². The Hall–Kier alpha value is -3.97. The SMILES string of the molecule is O=C(Nc1ccc(Cl)cc1-c1nn[nH]n1)c1cc2ccccc2n1CCCc1ccccc1. The van der Waals surface area contributed by atoms with Crippen LogP contribution < -0.4 is 5.32 Å². The van der Waals surface area contributed by atoms with Gasteiger partial charge in [-0.15, -0.1) is 10.2 Å². The summed E-state index contributed by atoms with van der Waals surface area (Å²) in [5.41, 5.74) is 4.07. The van der Waals surface area contributed by atoms with Crippen molar-refractivity contribution in [1.29, 1.82) is 0 Å². The third-order valence-corrected chi connectivity index (χ3v) is 5.78. The fourth-order valence-corrected chi connectivity index (χ4v) is 4.17. The second-order valence-electron chi connectivity index (χ2n) is 7.71. The van der Waals surface area contributed by atoms with E-state index >= 15 is 0 Å². The molecule has 0 spiro atoms. The zero-order valence-electron chi connectivity index (χ0n) is 17.7. The molecule has 33 heavy (non-hydrogen) atoms. The molecule has 0 aliphatic heterocycles. The normalized spacial score (nSPS) is 11.1. The van der Waals surface area contributed by atoms with Crippen LogP contribution >= 0.6 is 11.6 Å². The fraction of sp³-hybridized carbons (Fsp3) is 0.120. The number of carbonyl (C=O) groups excluding carboxylic acids is 1. The van der Waals surface area contributed by atoms with Crippen LogP contribution in [0.3, 0.4) is 0 Å². The first-order valence-electron chi connectivity index (χ1n) is 10.7. The van der Waals surface area contributed by atoms with Crippen LogP contribution in [-0.2, 0) is 13.0 Å². The summed E-state index contributed by atoms with van der Waals surface area (Å²) >= 11 is 6.17. The van der Waals surface area contributed by atoms with Crippen LogP contribution in [0.1, 0.15) is 22.5 Å². The Balaban J connectivity index is 1.44. The van der Waals surface area contributed by atoms with Crippen LogP contribution in [0, 0.1) is 0 Å². The van der Waals surface area contributed by atoms with E-state index in [1.54, 1.807) is 18.2 Å². The Bertz CT molecular complexity index is 1400. The summed E-state index contributed by atoms with van der Waals surface area (Å²) in [7, 11) is 0. The van der Waals surface area contributed by atoms with E-state index in [1.165, 1.54) is 5.56 Å². The molecular formula is C25H21ClN6O. The Morgan fingerprint density at radius 2 is 1.82 bits per heavy atom. The highest BCUT2D eigenvalue weighted by molar-refractivity contribution is 6.31. The lowest BCUT2D eigenvalue weighted by Crippen LogP contribution is -2.18. The maximum Gasteiger partial charge on any atom is 0.272 e. The van der Waals surface area contributed by atoms with Gasteiger partial charge in [0.15, 0.2) is 0 Å². The van der Waals surface area contributed by atoms with Crippen LogP contribution in [0.5, 0.6) is 0 Å². The first-order chi connectivity index (χ1) is 16.2. The molecule has 3 aromatic carbocycles. The number of para-hydroxylation sites is 1. The van der Waals surface area contributed by atoms with Gasteiger partial charge in [-0.3, -0.25) is 4.79 Å². The van der Waals surface area contributed by atoms with E-state index in [2.05, 4.69) is 42.6 Å². The maximum absolute atomic E-state index is 13.4. The average molecular weight is 457 g/mol. The van der Waals surface area contributed by atoms with Crippen molar-refractivity contribution >= 4 is 34.1 Å². The van der Waals surface area contributed by atoms with Crippen molar-refractivity contribution in [2.75, 3.05) is 5.32 Å². The molecule has 2 N–H and O–H groups in total. The van der Waals surface area contributed by atoms with E-state index in [1.807, 2.05) is 48.5 Å². The number of fused-ring (bicyclic) bond motifs is 1.